The van der Waals surface area contributed by atoms with E-state index in [0.29, 0.717) is 10.5 Å². The molecule has 0 spiro atoms. The Balaban J connectivity index is 1.72. The van der Waals surface area contributed by atoms with Crippen molar-refractivity contribution >= 4 is 34.7 Å². The number of ether oxygens (including phenoxy) is 1. The summed E-state index contributed by atoms with van der Waals surface area (Å²) < 4.78 is 5.59. The Labute approximate surface area is 166 Å². The maximum Gasteiger partial charge on any atom is 0.293 e. The van der Waals surface area contributed by atoms with Gasteiger partial charge in [0.1, 0.15) is 5.75 Å². The van der Waals surface area contributed by atoms with Crippen molar-refractivity contribution < 1.29 is 19.2 Å². The zero-order chi connectivity index (χ0) is 20.3. The number of thioether (sulfide) groups is 1. The van der Waals surface area contributed by atoms with Crippen molar-refractivity contribution in [2.45, 2.75) is 26.5 Å². The number of nitrogens with zero attached hydrogens (tertiary/aromatic N) is 2. The van der Waals surface area contributed by atoms with Gasteiger partial charge in [0.15, 0.2) is 0 Å². The first-order valence-corrected chi connectivity index (χ1v) is 9.40. The van der Waals surface area contributed by atoms with Crippen LogP contribution in [0.25, 0.3) is 6.08 Å². The van der Waals surface area contributed by atoms with Crippen molar-refractivity contribution in [2.24, 2.45) is 0 Å². The third-order valence-corrected chi connectivity index (χ3v) is 4.82. The van der Waals surface area contributed by atoms with E-state index in [-0.39, 0.29) is 29.5 Å². The number of nitro benzene ring substituents is 1. The molecule has 0 saturated carbocycles. The zero-order valence-electron chi connectivity index (χ0n) is 15.3. The minimum Gasteiger partial charge on any atom is -0.491 e. The first-order valence-electron chi connectivity index (χ1n) is 8.59. The van der Waals surface area contributed by atoms with Crippen LogP contribution in [0.15, 0.2) is 53.4 Å². The molecule has 1 aliphatic heterocycles. The van der Waals surface area contributed by atoms with Crippen molar-refractivity contribution in [3.63, 3.8) is 0 Å². The largest absolute Gasteiger partial charge is 0.491 e. The lowest BCUT2D eigenvalue weighted by Gasteiger charge is -2.12. The second-order valence-electron chi connectivity index (χ2n) is 6.43. The highest BCUT2D eigenvalue weighted by Crippen LogP contribution is 2.33. The Morgan fingerprint density at radius 3 is 2.32 bits per heavy atom. The average Bonchev–Trinajstić information content (AvgIpc) is 2.91. The highest BCUT2D eigenvalue weighted by Gasteiger charge is 2.35. The predicted molar refractivity (Wildman–Crippen MR) is 107 cm³/mol. The van der Waals surface area contributed by atoms with Gasteiger partial charge in [-0.1, -0.05) is 24.3 Å². The molecule has 0 unspecified atom stereocenters. The van der Waals surface area contributed by atoms with E-state index in [1.165, 1.54) is 12.1 Å². The number of carbonyl (C=O) groups excluding carboxylic acids is 2. The van der Waals surface area contributed by atoms with E-state index in [2.05, 4.69) is 0 Å². The normalized spacial score (nSPS) is 15.5. The second-order valence-corrected chi connectivity index (χ2v) is 7.42. The molecule has 0 N–H and O–H groups in total. The lowest BCUT2D eigenvalue weighted by Crippen LogP contribution is -2.27. The molecule has 1 heterocycles. The van der Waals surface area contributed by atoms with Crippen molar-refractivity contribution in [3.8, 4) is 5.75 Å². The summed E-state index contributed by atoms with van der Waals surface area (Å²) in [5, 5.41) is 10.4. The Morgan fingerprint density at radius 1 is 1.11 bits per heavy atom. The van der Waals surface area contributed by atoms with Crippen LogP contribution in [0.4, 0.5) is 10.5 Å². The quantitative estimate of drug-likeness (QED) is 0.401. The van der Waals surface area contributed by atoms with Crippen LogP contribution in [0.3, 0.4) is 0 Å². The fourth-order valence-electron chi connectivity index (χ4n) is 2.61. The lowest BCUT2D eigenvalue weighted by molar-refractivity contribution is -0.384. The van der Waals surface area contributed by atoms with Crippen molar-refractivity contribution in [2.75, 3.05) is 0 Å². The molecular formula is C20H18N2O5S. The van der Waals surface area contributed by atoms with Gasteiger partial charge in [0.2, 0.25) is 0 Å². The van der Waals surface area contributed by atoms with E-state index in [0.717, 1.165) is 28.0 Å². The number of amides is 2. The van der Waals surface area contributed by atoms with Gasteiger partial charge in [-0.05, 0) is 54.9 Å². The Hall–Kier alpha value is -3.13. The van der Waals surface area contributed by atoms with E-state index >= 15 is 0 Å². The molecule has 0 radical (unpaired) electrons. The Kier molecular flexibility index (Phi) is 5.79. The molecule has 2 aromatic rings. The number of imide groups is 1. The van der Waals surface area contributed by atoms with Gasteiger partial charge in [0.25, 0.3) is 16.8 Å². The number of nitro groups is 1. The third-order valence-electron chi connectivity index (χ3n) is 3.91. The van der Waals surface area contributed by atoms with Gasteiger partial charge >= 0.3 is 0 Å². The van der Waals surface area contributed by atoms with Crippen molar-refractivity contribution in [3.05, 3.63) is 74.7 Å². The smallest absolute Gasteiger partial charge is 0.293 e. The summed E-state index contributed by atoms with van der Waals surface area (Å²) in [5.41, 5.74) is 1.39. The first kappa shape index (κ1) is 19.6. The number of carbonyl (C=O) groups is 2. The van der Waals surface area contributed by atoms with Crippen LogP contribution < -0.4 is 4.74 Å². The van der Waals surface area contributed by atoms with Gasteiger partial charge < -0.3 is 4.74 Å². The summed E-state index contributed by atoms with van der Waals surface area (Å²) in [5.74, 6) is 0.356. The molecule has 1 aliphatic rings. The molecule has 1 fully saturated rings. The Bertz CT molecular complexity index is 936. The standard InChI is InChI=1S/C20H18N2O5S/c1-13(2)27-17-9-5-14(6-10-17)11-18-19(23)21(20(24)28-18)12-15-3-7-16(8-4-15)22(25)26/h3-11,13H,12H2,1-2H3/b18-11-. The molecule has 0 aromatic heterocycles. The molecule has 8 heteroatoms. The zero-order valence-corrected chi connectivity index (χ0v) is 16.1. The summed E-state index contributed by atoms with van der Waals surface area (Å²) in [7, 11) is 0. The fourth-order valence-corrected chi connectivity index (χ4v) is 3.45. The van der Waals surface area contributed by atoms with E-state index in [1.54, 1.807) is 18.2 Å². The number of hydrogen-bond acceptors (Lipinski definition) is 6. The van der Waals surface area contributed by atoms with Gasteiger partial charge in [-0.2, -0.15) is 0 Å². The minimum absolute atomic E-state index is 0.0392. The van der Waals surface area contributed by atoms with Crippen LogP contribution >= 0.6 is 11.8 Å². The van der Waals surface area contributed by atoms with Gasteiger partial charge in [-0.15, -0.1) is 0 Å². The lowest BCUT2D eigenvalue weighted by atomic mass is 10.2. The van der Waals surface area contributed by atoms with Crippen LogP contribution in [-0.2, 0) is 11.3 Å². The molecule has 3 rings (SSSR count). The number of benzene rings is 2. The molecule has 2 aromatic carbocycles. The molecule has 1 saturated heterocycles. The minimum atomic E-state index is -0.496. The Morgan fingerprint density at radius 2 is 1.75 bits per heavy atom. The molecule has 0 aliphatic carbocycles. The van der Waals surface area contributed by atoms with Gasteiger partial charge in [-0.3, -0.25) is 24.6 Å². The van der Waals surface area contributed by atoms with Gasteiger partial charge in [0, 0.05) is 12.1 Å². The predicted octanol–water partition coefficient (Wildman–Crippen LogP) is 4.62. The highest BCUT2D eigenvalue weighted by molar-refractivity contribution is 8.18. The SMILES string of the molecule is CC(C)Oc1ccc(/C=C2\SC(=O)N(Cc3ccc([N+](=O)[O-])cc3)C2=O)cc1. The first-order chi connectivity index (χ1) is 13.3. The monoisotopic (exact) mass is 398 g/mol. The highest BCUT2D eigenvalue weighted by atomic mass is 32.2. The van der Waals surface area contributed by atoms with E-state index < -0.39 is 4.92 Å². The summed E-state index contributed by atoms with van der Waals surface area (Å²) in [6.07, 6.45) is 1.74. The summed E-state index contributed by atoms with van der Waals surface area (Å²) in [4.78, 5) is 36.5. The molecule has 144 valence electrons. The molecule has 7 nitrogen and oxygen atoms in total. The van der Waals surface area contributed by atoms with E-state index in [4.69, 9.17) is 4.74 Å². The summed E-state index contributed by atoms with van der Waals surface area (Å²) in [6.45, 7) is 3.95. The average molecular weight is 398 g/mol. The third kappa shape index (κ3) is 4.58. The van der Waals surface area contributed by atoms with Crippen molar-refractivity contribution in [1.82, 2.24) is 4.90 Å². The van der Waals surface area contributed by atoms with E-state index in [9.17, 15) is 19.7 Å². The maximum absolute atomic E-state index is 12.6. The van der Waals surface area contributed by atoms with Crippen molar-refractivity contribution in [1.29, 1.82) is 0 Å². The molecule has 2 amide bonds. The molecule has 28 heavy (non-hydrogen) atoms. The van der Waals surface area contributed by atoms with Crippen LogP contribution in [0.1, 0.15) is 25.0 Å². The molecule has 0 atom stereocenters. The van der Waals surface area contributed by atoms with Gasteiger partial charge in [-0.25, -0.2) is 0 Å². The second kappa shape index (κ2) is 8.26. The van der Waals surface area contributed by atoms with Crippen LogP contribution in [0, 0.1) is 10.1 Å². The van der Waals surface area contributed by atoms with Crippen LogP contribution in [-0.4, -0.2) is 27.1 Å². The number of rotatable bonds is 6. The van der Waals surface area contributed by atoms with Crippen LogP contribution in [0.5, 0.6) is 5.75 Å². The number of hydrogen-bond donors (Lipinski definition) is 0. The number of non-ortho nitro benzene ring substituents is 1. The van der Waals surface area contributed by atoms with Crippen LogP contribution in [0.2, 0.25) is 0 Å². The fraction of sp³-hybridized carbons (Fsp3) is 0.200. The molecule has 0 bridgehead atoms. The topological polar surface area (TPSA) is 89.8 Å². The molecular weight excluding hydrogens is 380 g/mol. The maximum atomic E-state index is 12.6. The summed E-state index contributed by atoms with van der Waals surface area (Å²) >= 11 is 0.878. The van der Waals surface area contributed by atoms with E-state index in [1.807, 2.05) is 38.1 Å². The summed E-state index contributed by atoms with van der Waals surface area (Å²) in [6, 6.07) is 13.1. The van der Waals surface area contributed by atoms with Gasteiger partial charge in [0.05, 0.1) is 22.5 Å².